The van der Waals surface area contributed by atoms with E-state index in [9.17, 15) is 13.2 Å². The fourth-order valence-corrected chi connectivity index (χ4v) is 5.07. The van der Waals surface area contributed by atoms with Crippen molar-refractivity contribution >= 4 is 21.7 Å². The van der Waals surface area contributed by atoms with Gasteiger partial charge in [0.15, 0.2) is 5.82 Å². The third-order valence-corrected chi connectivity index (χ3v) is 7.60. The molecule has 2 aliphatic heterocycles. The number of sulfonamides is 1. The zero-order chi connectivity index (χ0) is 22.8. The number of rotatable bonds is 6. The van der Waals surface area contributed by atoms with Crippen molar-refractivity contribution in [3.05, 3.63) is 53.6 Å². The first-order valence-electron chi connectivity index (χ1n) is 10.4. The maximum absolute atomic E-state index is 15.3. The fourth-order valence-electron chi connectivity index (χ4n) is 3.90. The van der Waals surface area contributed by atoms with Crippen LogP contribution >= 0.6 is 0 Å². The van der Waals surface area contributed by atoms with Crippen LogP contribution in [0.2, 0.25) is 0 Å². The number of hydrogen-bond donors (Lipinski definition) is 2. The summed E-state index contributed by atoms with van der Waals surface area (Å²) in [5.74, 6) is 0.0738. The van der Waals surface area contributed by atoms with Crippen LogP contribution in [0.1, 0.15) is 26.3 Å². The minimum atomic E-state index is -3.23. The molecule has 0 spiro atoms. The van der Waals surface area contributed by atoms with E-state index in [-0.39, 0.29) is 23.5 Å². The number of anilines is 1. The molecule has 170 valence electrons. The summed E-state index contributed by atoms with van der Waals surface area (Å²) in [5.41, 5.74) is 6.23. The van der Waals surface area contributed by atoms with Gasteiger partial charge in [-0.1, -0.05) is 24.3 Å². The topological polar surface area (TPSA) is 99.0 Å². The molecule has 1 fully saturated rings. The number of urea groups is 1. The number of nitrogens with zero attached hydrogens (tertiary/aromatic N) is 3. The van der Waals surface area contributed by atoms with Crippen molar-refractivity contribution in [3.63, 3.8) is 0 Å². The van der Waals surface area contributed by atoms with Gasteiger partial charge in [-0.05, 0) is 32.9 Å². The molecule has 0 bridgehead atoms. The van der Waals surface area contributed by atoms with Crippen molar-refractivity contribution in [2.45, 2.75) is 39.4 Å². The van der Waals surface area contributed by atoms with Crippen LogP contribution in [0.15, 0.2) is 42.2 Å². The van der Waals surface area contributed by atoms with Gasteiger partial charge in [-0.25, -0.2) is 17.6 Å². The van der Waals surface area contributed by atoms with Crippen LogP contribution in [0.3, 0.4) is 0 Å². The van der Waals surface area contributed by atoms with Crippen LogP contribution in [0, 0.1) is 5.82 Å². The van der Waals surface area contributed by atoms with Crippen molar-refractivity contribution in [2.24, 2.45) is 5.73 Å². The minimum absolute atomic E-state index is 0.0384. The molecule has 1 saturated heterocycles. The molecule has 1 aromatic rings. The van der Waals surface area contributed by atoms with E-state index in [1.165, 1.54) is 9.21 Å². The molecule has 0 saturated carbocycles. The molecule has 0 aromatic heterocycles. The van der Waals surface area contributed by atoms with Crippen LogP contribution in [-0.2, 0) is 16.6 Å². The molecule has 10 heteroatoms. The Morgan fingerprint density at radius 3 is 2.68 bits per heavy atom. The number of amides is 2. The van der Waals surface area contributed by atoms with Crippen molar-refractivity contribution in [2.75, 3.05) is 30.7 Å². The van der Waals surface area contributed by atoms with Gasteiger partial charge in [0.2, 0.25) is 10.0 Å². The van der Waals surface area contributed by atoms with E-state index in [0.29, 0.717) is 37.6 Å². The van der Waals surface area contributed by atoms with Gasteiger partial charge >= 0.3 is 6.03 Å². The maximum Gasteiger partial charge on any atom is 0.320 e. The predicted octanol–water partition coefficient (Wildman–Crippen LogP) is 2.27. The second-order valence-corrected chi connectivity index (χ2v) is 10.1. The quantitative estimate of drug-likeness (QED) is 0.691. The number of benzene rings is 1. The van der Waals surface area contributed by atoms with Gasteiger partial charge in [-0.2, -0.15) is 4.31 Å². The molecule has 3 N–H and O–H groups in total. The monoisotopic (exact) mass is 451 g/mol. The number of carbonyl (C=O) groups excluding carboxylic acids is 1. The highest BCUT2D eigenvalue weighted by Gasteiger charge is 2.30. The Balaban J connectivity index is 1.74. The molecule has 2 atom stereocenters. The average molecular weight is 452 g/mol. The minimum Gasteiger partial charge on any atom is -0.351 e. The van der Waals surface area contributed by atoms with Gasteiger partial charge in [0, 0.05) is 37.8 Å². The smallest absolute Gasteiger partial charge is 0.320 e. The van der Waals surface area contributed by atoms with Crippen molar-refractivity contribution < 1.29 is 17.6 Å². The Morgan fingerprint density at radius 1 is 1.29 bits per heavy atom. The fraction of sp³-hybridized carbons (Fsp3) is 0.476. The molecule has 31 heavy (non-hydrogen) atoms. The summed E-state index contributed by atoms with van der Waals surface area (Å²) in [4.78, 5) is 15.3. The third kappa shape index (κ3) is 5.08. The lowest BCUT2D eigenvalue weighted by atomic mass is 10.1. The Morgan fingerprint density at radius 2 is 2.03 bits per heavy atom. The lowest BCUT2D eigenvalue weighted by Gasteiger charge is -2.39. The summed E-state index contributed by atoms with van der Waals surface area (Å²) < 4.78 is 41.1. The van der Waals surface area contributed by atoms with E-state index < -0.39 is 21.9 Å². The number of hydrogen-bond acceptors (Lipinski definition) is 5. The average Bonchev–Trinajstić information content (AvgIpc) is 2.72. The second-order valence-electron chi connectivity index (χ2n) is 7.87. The summed E-state index contributed by atoms with van der Waals surface area (Å²) in [6.45, 7) is 7.08. The molecule has 0 radical (unpaired) electrons. The van der Waals surface area contributed by atoms with Crippen LogP contribution in [0.4, 0.5) is 14.9 Å². The van der Waals surface area contributed by atoms with Crippen LogP contribution < -0.4 is 11.1 Å². The van der Waals surface area contributed by atoms with Crippen LogP contribution in [-0.4, -0.2) is 66.0 Å². The predicted molar refractivity (Wildman–Crippen MR) is 119 cm³/mol. The van der Waals surface area contributed by atoms with E-state index in [2.05, 4.69) is 10.2 Å². The van der Waals surface area contributed by atoms with Crippen molar-refractivity contribution in [1.82, 2.24) is 14.1 Å². The first-order chi connectivity index (χ1) is 14.6. The molecular formula is C21H30FN5O3S. The summed E-state index contributed by atoms with van der Waals surface area (Å²) in [6, 6.07) is 4.17. The Bertz CT molecular complexity index is 995. The molecule has 1 unspecified atom stereocenters. The highest BCUT2D eigenvalue weighted by Crippen LogP contribution is 2.25. The SMILES string of the molecule is CCS(=O)(=O)N1CCN(Cc2cccc(NC3=CC=CC(C)N3C(N)=O)c2F)[C@@H](C)C1. The number of halogens is 1. The molecule has 2 aliphatic rings. The van der Waals surface area contributed by atoms with E-state index in [1.54, 1.807) is 37.3 Å². The normalized spacial score (nSPS) is 23.0. The lowest BCUT2D eigenvalue weighted by molar-refractivity contribution is 0.121. The van der Waals surface area contributed by atoms with Crippen molar-refractivity contribution in [3.8, 4) is 0 Å². The van der Waals surface area contributed by atoms with Gasteiger partial charge in [0.05, 0.1) is 17.5 Å². The van der Waals surface area contributed by atoms with Gasteiger partial charge in [-0.15, -0.1) is 0 Å². The zero-order valence-corrected chi connectivity index (χ0v) is 18.9. The van der Waals surface area contributed by atoms with Crippen LogP contribution in [0.25, 0.3) is 0 Å². The van der Waals surface area contributed by atoms with Gasteiger partial charge < -0.3 is 11.1 Å². The molecule has 3 rings (SSSR count). The number of nitrogens with two attached hydrogens (primary N) is 1. The molecule has 2 heterocycles. The Hall–Kier alpha value is -2.43. The van der Waals surface area contributed by atoms with Gasteiger partial charge in [-0.3, -0.25) is 9.80 Å². The number of primary amides is 1. The molecule has 1 aromatic carbocycles. The highest BCUT2D eigenvalue weighted by molar-refractivity contribution is 7.89. The summed E-state index contributed by atoms with van der Waals surface area (Å²) in [7, 11) is -3.23. The van der Waals surface area contributed by atoms with E-state index in [1.807, 2.05) is 19.9 Å². The van der Waals surface area contributed by atoms with Gasteiger partial charge in [0.1, 0.15) is 5.82 Å². The van der Waals surface area contributed by atoms with Crippen molar-refractivity contribution in [1.29, 1.82) is 0 Å². The first-order valence-corrected chi connectivity index (χ1v) is 12.0. The molecule has 2 amide bonds. The maximum atomic E-state index is 15.3. The lowest BCUT2D eigenvalue weighted by Crippen LogP contribution is -2.53. The molecule has 8 nitrogen and oxygen atoms in total. The number of carbonyl (C=O) groups is 1. The summed E-state index contributed by atoms with van der Waals surface area (Å²) in [6.07, 6.45) is 5.29. The zero-order valence-electron chi connectivity index (χ0n) is 18.1. The third-order valence-electron chi connectivity index (χ3n) is 5.75. The largest absolute Gasteiger partial charge is 0.351 e. The highest BCUT2D eigenvalue weighted by atomic mass is 32.2. The van der Waals surface area contributed by atoms with E-state index >= 15 is 4.39 Å². The van der Waals surface area contributed by atoms with E-state index in [0.717, 1.165) is 0 Å². The number of allylic oxidation sites excluding steroid dienone is 2. The number of nitrogens with one attached hydrogen (secondary N) is 1. The standard InChI is InChI=1S/C21H30FN5O3S/c1-4-31(29,30)26-12-11-25(16(3)13-26)14-17-8-6-9-18(20(17)22)24-19-10-5-7-15(2)27(19)21(23)28/h5-10,15-16,24H,4,11-14H2,1-3H3,(H2,23,28)/t15?,16-/m0/s1. The Kier molecular flexibility index (Phi) is 7.03. The Labute approximate surface area is 183 Å². The number of piperazine rings is 1. The first kappa shape index (κ1) is 23.2. The van der Waals surface area contributed by atoms with Crippen LogP contribution in [0.5, 0.6) is 0 Å². The molecule has 0 aliphatic carbocycles. The summed E-state index contributed by atoms with van der Waals surface area (Å²) in [5, 5.41) is 2.99. The van der Waals surface area contributed by atoms with Gasteiger partial charge in [0.25, 0.3) is 0 Å². The molecular weight excluding hydrogens is 421 g/mol. The van der Waals surface area contributed by atoms with E-state index in [4.69, 9.17) is 5.73 Å². The summed E-state index contributed by atoms with van der Waals surface area (Å²) >= 11 is 0. The second kappa shape index (κ2) is 9.37.